The molecule has 6 nitrogen and oxygen atoms in total. The maximum Gasteiger partial charge on any atom is 0.415 e. The number of nitrogens with zero attached hydrogens (tertiary/aromatic N) is 2. The fourth-order valence-electron chi connectivity index (χ4n) is 3.14. The molecule has 3 rings (SSSR count). The topological polar surface area (TPSA) is 66.9 Å². The second-order valence-electron chi connectivity index (χ2n) is 6.20. The predicted molar refractivity (Wildman–Crippen MR) is 87.5 cm³/mol. The summed E-state index contributed by atoms with van der Waals surface area (Å²) in [5.41, 5.74) is 0. The zero-order chi connectivity index (χ0) is 18.2. The summed E-state index contributed by atoms with van der Waals surface area (Å²) in [5, 5.41) is 0.448. The summed E-state index contributed by atoms with van der Waals surface area (Å²) in [6.45, 7) is -0.728. The molecule has 138 valence electrons. The van der Waals surface area contributed by atoms with Crippen molar-refractivity contribution in [2.45, 2.75) is 24.8 Å². The number of halogens is 3. The molecule has 0 aromatic heterocycles. The molecule has 0 aliphatic carbocycles. The number of amides is 1. The lowest BCUT2D eigenvalue weighted by Gasteiger charge is -2.39. The van der Waals surface area contributed by atoms with Crippen LogP contribution in [-0.2, 0) is 10.0 Å². The first kappa shape index (κ1) is 18.3. The SMILES string of the molecule is O=C(Oc1ccc(Cl)cc1)N1CC(N2CCCS2(=O)=O)CC(F)(F)C1. The summed E-state index contributed by atoms with van der Waals surface area (Å²) in [7, 11) is -3.54. The fraction of sp³-hybridized carbons (Fsp3) is 0.533. The van der Waals surface area contributed by atoms with E-state index in [1.807, 2.05) is 0 Å². The molecule has 1 aromatic rings. The van der Waals surface area contributed by atoms with Crippen LogP contribution in [0.15, 0.2) is 24.3 Å². The van der Waals surface area contributed by atoms with Crippen LogP contribution in [0.2, 0.25) is 5.02 Å². The lowest BCUT2D eigenvalue weighted by atomic mass is 10.0. The molecule has 0 N–H and O–H groups in total. The Bertz CT molecular complexity index is 757. The number of alkyl halides is 2. The van der Waals surface area contributed by atoms with Crippen molar-refractivity contribution in [1.82, 2.24) is 9.21 Å². The van der Waals surface area contributed by atoms with Crippen LogP contribution in [0.4, 0.5) is 13.6 Å². The molecule has 2 saturated heterocycles. The van der Waals surface area contributed by atoms with Crippen LogP contribution in [0.5, 0.6) is 5.75 Å². The summed E-state index contributed by atoms with van der Waals surface area (Å²) >= 11 is 5.74. The van der Waals surface area contributed by atoms with E-state index >= 15 is 0 Å². The monoisotopic (exact) mass is 394 g/mol. The van der Waals surface area contributed by atoms with Crippen molar-refractivity contribution >= 4 is 27.7 Å². The van der Waals surface area contributed by atoms with Gasteiger partial charge in [-0.15, -0.1) is 0 Å². The van der Waals surface area contributed by atoms with E-state index in [9.17, 15) is 22.0 Å². The second kappa shape index (κ2) is 6.69. The molecule has 0 spiro atoms. The molecule has 1 amide bonds. The Morgan fingerprint density at radius 3 is 2.56 bits per heavy atom. The summed E-state index contributed by atoms with van der Waals surface area (Å²) < 4.78 is 58.3. The molecule has 1 unspecified atom stereocenters. The summed E-state index contributed by atoms with van der Waals surface area (Å²) in [6, 6.07) is 4.97. The van der Waals surface area contributed by atoms with Gasteiger partial charge in [0.05, 0.1) is 12.3 Å². The van der Waals surface area contributed by atoms with Crippen LogP contribution in [-0.4, -0.2) is 61.1 Å². The van der Waals surface area contributed by atoms with Gasteiger partial charge in [0.15, 0.2) is 0 Å². The van der Waals surface area contributed by atoms with Crippen molar-refractivity contribution in [2.75, 3.05) is 25.4 Å². The number of ether oxygens (including phenoxy) is 1. The third-order valence-corrected chi connectivity index (χ3v) is 6.46. The minimum atomic E-state index is -3.54. The maximum absolute atomic E-state index is 14.1. The number of piperidine rings is 1. The number of sulfonamides is 1. The molecular weight excluding hydrogens is 378 g/mol. The second-order valence-corrected chi connectivity index (χ2v) is 8.67. The molecule has 0 radical (unpaired) electrons. The molecule has 1 atom stereocenters. The highest BCUT2D eigenvalue weighted by Gasteiger charge is 2.47. The van der Waals surface area contributed by atoms with Gasteiger partial charge in [-0.25, -0.2) is 22.0 Å². The average molecular weight is 395 g/mol. The number of benzene rings is 1. The summed E-state index contributed by atoms with van der Waals surface area (Å²) in [4.78, 5) is 13.1. The third-order valence-electron chi connectivity index (χ3n) is 4.21. The van der Waals surface area contributed by atoms with Gasteiger partial charge in [0.2, 0.25) is 10.0 Å². The number of hydrogen-bond donors (Lipinski definition) is 0. The molecule has 0 bridgehead atoms. The number of carbonyl (C=O) groups excluding carboxylic acids is 1. The van der Waals surface area contributed by atoms with Crippen LogP contribution in [0.1, 0.15) is 12.8 Å². The number of rotatable bonds is 2. The smallest absolute Gasteiger partial charge is 0.410 e. The Balaban J connectivity index is 1.74. The zero-order valence-corrected chi connectivity index (χ0v) is 14.8. The Kier molecular flexibility index (Phi) is 4.91. The zero-order valence-electron chi connectivity index (χ0n) is 13.2. The maximum atomic E-state index is 14.1. The van der Waals surface area contributed by atoms with E-state index in [0.717, 1.165) is 9.21 Å². The van der Waals surface area contributed by atoms with Crippen LogP contribution >= 0.6 is 11.6 Å². The van der Waals surface area contributed by atoms with Gasteiger partial charge in [-0.1, -0.05) is 11.6 Å². The highest BCUT2D eigenvalue weighted by atomic mass is 35.5. The van der Waals surface area contributed by atoms with E-state index in [4.69, 9.17) is 16.3 Å². The lowest BCUT2D eigenvalue weighted by molar-refractivity contribution is -0.0760. The van der Waals surface area contributed by atoms with E-state index in [1.165, 1.54) is 24.3 Å². The molecule has 0 saturated carbocycles. The largest absolute Gasteiger partial charge is 0.415 e. The van der Waals surface area contributed by atoms with Gasteiger partial charge < -0.3 is 9.64 Å². The van der Waals surface area contributed by atoms with E-state index in [-0.39, 0.29) is 24.6 Å². The van der Waals surface area contributed by atoms with Crippen molar-refractivity contribution < 1.29 is 26.7 Å². The quantitative estimate of drug-likeness (QED) is 0.773. The van der Waals surface area contributed by atoms with Crippen molar-refractivity contribution in [3.8, 4) is 5.75 Å². The Morgan fingerprint density at radius 1 is 1.28 bits per heavy atom. The Labute approximate surface area is 149 Å². The first-order valence-corrected chi connectivity index (χ1v) is 9.75. The lowest BCUT2D eigenvalue weighted by Crippen LogP contribution is -2.57. The standard InChI is InChI=1S/C15H17ClF2N2O4S/c16-11-2-4-13(5-3-11)24-14(21)19-9-12(8-15(17,18)10-19)20-6-1-7-25(20,22)23/h2-5,12H,1,6-10H2. The van der Waals surface area contributed by atoms with Crippen molar-refractivity contribution in [2.24, 2.45) is 0 Å². The van der Waals surface area contributed by atoms with E-state index in [2.05, 4.69) is 0 Å². The minimum Gasteiger partial charge on any atom is -0.410 e. The molecule has 2 aliphatic heterocycles. The first-order chi connectivity index (χ1) is 11.7. The summed E-state index contributed by atoms with van der Waals surface area (Å²) in [6.07, 6.45) is -1.14. The fourth-order valence-corrected chi connectivity index (χ4v) is 5.00. The molecule has 1 aromatic carbocycles. The number of likely N-dealkylation sites (tertiary alicyclic amines) is 1. The van der Waals surface area contributed by atoms with Crippen molar-refractivity contribution in [1.29, 1.82) is 0 Å². The van der Waals surface area contributed by atoms with Gasteiger partial charge >= 0.3 is 6.09 Å². The Morgan fingerprint density at radius 2 is 1.96 bits per heavy atom. The van der Waals surface area contributed by atoms with Crippen molar-refractivity contribution in [3.63, 3.8) is 0 Å². The highest BCUT2D eigenvalue weighted by Crippen LogP contribution is 2.33. The number of carbonyl (C=O) groups is 1. The molecule has 2 aliphatic rings. The normalized spacial score (nSPS) is 25.7. The van der Waals surface area contributed by atoms with E-state index in [0.29, 0.717) is 11.4 Å². The van der Waals surface area contributed by atoms with E-state index in [1.54, 1.807) is 0 Å². The van der Waals surface area contributed by atoms with Crippen LogP contribution < -0.4 is 4.74 Å². The highest BCUT2D eigenvalue weighted by molar-refractivity contribution is 7.89. The van der Waals surface area contributed by atoms with Gasteiger partial charge in [0, 0.05) is 30.6 Å². The van der Waals surface area contributed by atoms with Gasteiger partial charge in [-0.05, 0) is 30.7 Å². The summed E-state index contributed by atoms with van der Waals surface area (Å²) in [5.74, 6) is -3.06. The minimum absolute atomic E-state index is 0.0513. The molecular formula is C15H17ClF2N2O4S. The first-order valence-electron chi connectivity index (χ1n) is 7.76. The van der Waals surface area contributed by atoms with Crippen molar-refractivity contribution in [3.05, 3.63) is 29.3 Å². The van der Waals surface area contributed by atoms with Gasteiger partial charge in [-0.2, -0.15) is 4.31 Å². The van der Waals surface area contributed by atoms with E-state index < -0.39 is 41.0 Å². The molecule has 10 heteroatoms. The molecule has 2 fully saturated rings. The van der Waals surface area contributed by atoms with Gasteiger partial charge in [0.25, 0.3) is 5.92 Å². The molecule has 2 heterocycles. The third kappa shape index (κ3) is 4.21. The molecule has 25 heavy (non-hydrogen) atoms. The predicted octanol–water partition coefficient (Wildman–Crippen LogP) is 2.58. The van der Waals surface area contributed by atoms with Gasteiger partial charge in [0.1, 0.15) is 5.75 Å². The Hall–Kier alpha value is -1.45. The number of hydrogen-bond acceptors (Lipinski definition) is 4. The van der Waals surface area contributed by atoms with Crippen LogP contribution in [0, 0.1) is 0 Å². The van der Waals surface area contributed by atoms with Gasteiger partial charge in [-0.3, -0.25) is 0 Å². The van der Waals surface area contributed by atoms with Crippen LogP contribution in [0.3, 0.4) is 0 Å². The van der Waals surface area contributed by atoms with Crippen LogP contribution in [0.25, 0.3) is 0 Å². The average Bonchev–Trinajstić information content (AvgIpc) is 2.87.